The summed E-state index contributed by atoms with van der Waals surface area (Å²) < 4.78 is 14.5. The van der Waals surface area contributed by atoms with Crippen molar-refractivity contribution >= 4 is 0 Å². The SMILES string of the molecule is ONC(O)c1cc(F)c2c(c1)CCN([C@H]1CC[C@]13CCCN3)C2. The topological polar surface area (TPSA) is 67.8 Å². The Kier molecular flexibility index (Phi) is 3.90. The molecule has 1 saturated carbocycles. The molecule has 4 rings (SSSR count). The first-order chi connectivity index (χ1) is 11.1. The summed E-state index contributed by atoms with van der Waals surface area (Å²) in [5, 5.41) is 22.1. The van der Waals surface area contributed by atoms with Gasteiger partial charge in [-0.2, -0.15) is 5.48 Å². The molecule has 0 bridgehead atoms. The van der Waals surface area contributed by atoms with Gasteiger partial charge in [-0.15, -0.1) is 0 Å². The number of fused-ring (bicyclic) bond motifs is 1. The summed E-state index contributed by atoms with van der Waals surface area (Å²) in [5.41, 5.74) is 4.09. The largest absolute Gasteiger partial charge is 0.372 e. The monoisotopic (exact) mass is 321 g/mol. The molecule has 1 spiro atoms. The summed E-state index contributed by atoms with van der Waals surface area (Å²) in [4.78, 5) is 2.42. The van der Waals surface area contributed by atoms with E-state index in [-0.39, 0.29) is 11.4 Å². The molecule has 1 aliphatic carbocycles. The third kappa shape index (κ3) is 2.49. The second-order valence-corrected chi connectivity index (χ2v) is 7.13. The maximum Gasteiger partial charge on any atom is 0.152 e. The number of aliphatic hydroxyl groups is 1. The van der Waals surface area contributed by atoms with Gasteiger partial charge in [-0.25, -0.2) is 4.39 Å². The number of hydrogen-bond donors (Lipinski definition) is 4. The second kappa shape index (κ2) is 5.79. The Hall–Kier alpha value is -1.05. The van der Waals surface area contributed by atoms with Crippen LogP contribution in [0.2, 0.25) is 0 Å². The average Bonchev–Trinajstić information content (AvgIpc) is 3.05. The summed E-state index contributed by atoms with van der Waals surface area (Å²) in [6.07, 6.45) is 4.43. The molecule has 3 aliphatic rings. The zero-order valence-electron chi connectivity index (χ0n) is 13.2. The quantitative estimate of drug-likeness (QED) is 0.501. The van der Waals surface area contributed by atoms with E-state index < -0.39 is 6.23 Å². The third-order valence-electron chi connectivity index (χ3n) is 6.00. The number of aliphatic hydroxyl groups excluding tert-OH is 1. The zero-order chi connectivity index (χ0) is 16.0. The van der Waals surface area contributed by atoms with Gasteiger partial charge >= 0.3 is 0 Å². The van der Waals surface area contributed by atoms with Crippen molar-refractivity contribution in [1.29, 1.82) is 0 Å². The summed E-state index contributed by atoms with van der Waals surface area (Å²) in [5.74, 6) is -0.288. The Labute approximate surface area is 135 Å². The van der Waals surface area contributed by atoms with Gasteiger partial charge in [0.2, 0.25) is 0 Å². The summed E-state index contributed by atoms with van der Waals surface area (Å²) in [7, 11) is 0. The van der Waals surface area contributed by atoms with Crippen molar-refractivity contribution in [2.75, 3.05) is 13.1 Å². The van der Waals surface area contributed by atoms with Gasteiger partial charge in [0.05, 0.1) is 0 Å². The van der Waals surface area contributed by atoms with Gasteiger partial charge < -0.3 is 15.6 Å². The predicted molar refractivity (Wildman–Crippen MR) is 83.4 cm³/mol. The standard InChI is InChI=1S/C17H24FN3O2/c18-14-9-12(16(22)20-23)8-11-3-7-21(10-13(11)14)15-2-5-17(15)4-1-6-19-17/h8-9,15-16,19-20,22-23H,1-7,10H2/t15-,16?,17+/m0/s1. The van der Waals surface area contributed by atoms with Crippen LogP contribution in [-0.2, 0) is 13.0 Å². The zero-order valence-corrected chi connectivity index (χ0v) is 13.2. The maximum absolute atomic E-state index is 14.5. The van der Waals surface area contributed by atoms with Gasteiger partial charge in [-0.1, -0.05) is 6.07 Å². The van der Waals surface area contributed by atoms with Crippen LogP contribution in [-0.4, -0.2) is 39.9 Å². The van der Waals surface area contributed by atoms with Crippen molar-refractivity contribution in [2.24, 2.45) is 0 Å². The molecule has 126 valence electrons. The predicted octanol–water partition coefficient (Wildman–Crippen LogP) is 1.44. The fourth-order valence-electron chi connectivity index (χ4n) is 4.64. The fraction of sp³-hybridized carbons (Fsp3) is 0.647. The van der Waals surface area contributed by atoms with Gasteiger partial charge in [0.15, 0.2) is 6.23 Å². The van der Waals surface area contributed by atoms with E-state index in [0.29, 0.717) is 18.2 Å². The number of nitrogens with one attached hydrogen (secondary N) is 2. The van der Waals surface area contributed by atoms with Crippen molar-refractivity contribution < 1.29 is 14.7 Å². The lowest BCUT2D eigenvalue weighted by Gasteiger charge is -2.53. The Bertz CT molecular complexity index is 604. The Morgan fingerprint density at radius 1 is 1.39 bits per heavy atom. The molecule has 0 amide bonds. The van der Waals surface area contributed by atoms with Crippen LogP contribution in [0.15, 0.2) is 12.1 Å². The van der Waals surface area contributed by atoms with Gasteiger partial charge in [0.25, 0.3) is 0 Å². The molecule has 5 nitrogen and oxygen atoms in total. The Morgan fingerprint density at radius 3 is 2.91 bits per heavy atom. The second-order valence-electron chi connectivity index (χ2n) is 7.13. The van der Waals surface area contributed by atoms with Crippen LogP contribution < -0.4 is 10.8 Å². The lowest BCUT2D eigenvalue weighted by atomic mass is 9.69. The molecule has 23 heavy (non-hydrogen) atoms. The lowest BCUT2D eigenvalue weighted by molar-refractivity contribution is 0.0000614. The van der Waals surface area contributed by atoms with Gasteiger partial charge in [-0.3, -0.25) is 4.90 Å². The molecule has 4 N–H and O–H groups in total. The number of hydroxylamine groups is 1. The molecule has 2 heterocycles. The lowest BCUT2D eigenvalue weighted by Crippen LogP contribution is -2.65. The van der Waals surface area contributed by atoms with E-state index in [0.717, 1.165) is 30.6 Å². The van der Waals surface area contributed by atoms with Gasteiger partial charge in [0.1, 0.15) is 5.82 Å². The van der Waals surface area contributed by atoms with E-state index >= 15 is 0 Å². The minimum Gasteiger partial charge on any atom is -0.372 e. The molecular weight excluding hydrogens is 297 g/mol. The summed E-state index contributed by atoms with van der Waals surface area (Å²) in [6, 6.07) is 3.64. The smallest absolute Gasteiger partial charge is 0.152 e. The normalized spacial score (nSPS) is 31.9. The first kappa shape index (κ1) is 15.5. The number of halogens is 1. The highest BCUT2D eigenvalue weighted by atomic mass is 19.1. The Balaban J connectivity index is 1.55. The molecule has 2 fully saturated rings. The number of benzene rings is 1. The van der Waals surface area contributed by atoms with Crippen LogP contribution in [0.3, 0.4) is 0 Å². The number of nitrogens with zero attached hydrogens (tertiary/aromatic N) is 1. The van der Waals surface area contributed by atoms with Crippen LogP contribution in [0, 0.1) is 5.82 Å². The maximum atomic E-state index is 14.5. The minimum atomic E-state index is -1.24. The summed E-state index contributed by atoms with van der Waals surface area (Å²) in [6.45, 7) is 2.66. The van der Waals surface area contributed by atoms with Crippen LogP contribution in [0.4, 0.5) is 4.39 Å². The molecular formula is C17H24FN3O2. The molecule has 2 aliphatic heterocycles. The first-order valence-electron chi connectivity index (χ1n) is 8.51. The van der Waals surface area contributed by atoms with Crippen molar-refractivity contribution in [3.8, 4) is 0 Å². The van der Waals surface area contributed by atoms with E-state index in [1.165, 1.54) is 31.7 Å². The number of rotatable bonds is 3. The van der Waals surface area contributed by atoms with Crippen LogP contribution >= 0.6 is 0 Å². The van der Waals surface area contributed by atoms with Crippen molar-refractivity contribution in [3.05, 3.63) is 34.6 Å². The average molecular weight is 321 g/mol. The minimum absolute atomic E-state index is 0.269. The van der Waals surface area contributed by atoms with Gasteiger partial charge in [-0.05, 0) is 50.3 Å². The molecule has 0 aromatic heterocycles. The molecule has 1 saturated heterocycles. The molecule has 1 unspecified atom stereocenters. The van der Waals surface area contributed by atoms with Crippen molar-refractivity contribution in [3.63, 3.8) is 0 Å². The first-order valence-corrected chi connectivity index (χ1v) is 8.51. The van der Waals surface area contributed by atoms with Crippen LogP contribution in [0.25, 0.3) is 0 Å². The molecule has 1 aromatic carbocycles. The highest BCUT2D eigenvalue weighted by Gasteiger charge is 2.51. The third-order valence-corrected chi connectivity index (χ3v) is 6.00. The fourth-order valence-corrected chi connectivity index (χ4v) is 4.64. The van der Waals surface area contributed by atoms with E-state index in [2.05, 4.69) is 10.2 Å². The number of hydrogen-bond acceptors (Lipinski definition) is 5. The van der Waals surface area contributed by atoms with E-state index in [1.807, 2.05) is 0 Å². The molecule has 0 radical (unpaired) electrons. The van der Waals surface area contributed by atoms with Crippen LogP contribution in [0.1, 0.15) is 48.6 Å². The molecule has 6 heteroatoms. The van der Waals surface area contributed by atoms with Gasteiger partial charge in [0, 0.05) is 35.8 Å². The van der Waals surface area contributed by atoms with E-state index in [9.17, 15) is 9.50 Å². The molecule has 1 aromatic rings. The van der Waals surface area contributed by atoms with E-state index in [1.54, 1.807) is 11.5 Å². The van der Waals surface area contributed by atoms with Crippen molar-refractivity contribution in [1.82, 2.24) is 15.7 Å². The van der Waals surface area contributed by atoms with Crippen LogP contribution in [0.5, 0.6) is 0 Å². The van der Waals surface area contributed by atoms with Crippen molar-refractivity contribution in [2.45, 2.75) is 56.5 Å². The highest BCUT2D eigenvalue weighted by molar-refractivity contribution is 5.36. The Morgan fingerprint density at radius 2 is 2.26 bits per heavy atom. The summed E-state index contributed by atoms with van der Waals surface area (Å²) >= 11 is 0. The molecule has 3 atom stereocenters. The highest BCUT2D eigenvalue weighted by Crippen LogP contribution is 2.44. The van der Waals surface area contributed by atoms with E-state index in [4.69, 9.17) is 5.21 Å².